The molecule has 1 amide bonds. The first kappa shape index (κ1) is 21.3. The SMILES string of the molecule is O=C(Nc1nnc(NCC(c2ccccc2)c2ccccc2)s1)c1c(Cl)cccc1Cl. The van der Waals surface area contributed by atoms with Gasteiger partial charge >= 0.3 is 0 Å². The van der Waals surface area contributed by atoms with Crippen LogP contribution in [0.3, 0.4) is 0 Å². The number of hydrogen-bond donors (Lipinski definition) is 2. The van der Waals surface area contributed by atoms with Gasteiger partial charge in [-0.3, -0.25) is 10.1 Å². The first-order valence-electron chi connectivity index (χ1n) is 9.54. The average molecular weight is 469 g/mol. The third-order valence-electron chi connectivity index (χ3n) is 4.70. The Morgan fingerprint density at radius 3 is 1.94 bits per heavy atom. The van der Waals surface area contributed by atoms with Crippen LogP contribution in [0.25, 0.3) is 0 Å². The zero-order valence-electron chi connectivity index (χ0n) is 16.3. The molecule has 31 heavy (non-hydrogen) atoms. The molecule has 0 unspecified atom stereocenters. The molecule has 0 aliphatic rings. The molecule has 0 aliphatic carbocycles. The van der Waals surface area contributed by atoms with Gasteiger partial charge in [-0.05, 0) is 23.3 Å². The van der Waals surface area contributed by atoms with E-state index in [0.717, 1.165) is 0 Å². The van der Waals surface area contributed by atoms with E-state index >= 15 is 0 Å². The van der Waals surface area contributed by atoms with Crippen LogP contribution in [-0.4, -0.2) is 22.6 Å². The Morgan fingerprint density at radius 1 is 0.806 bits per heavy atom. The van der Waals surface area contributed by atoms with Gasteiger partial charge in [0.15, 0.2) is 0 Å². The first-order chi connectivity index (χ1) is 15.1. The van der Waals surface area contributed by atoms with Crippen LogP contribution in [-0.2, 0) is 0 Å². The molecule has 0 atom stereocenters. The van der Waals surface area contributed by atoms with Gasteiger partial charge in [-0.1, -0.05) is 101 Å². The van der Waals surface area contributed by atoms with E-state index in [1.165, 1.54) is 22.5 Å². The molecular weight excluding hydrogens is 451 g/mol. The minimum Gasteiger partial charge on any atom is -0.359 e. The summed E-state index contributed by atoms with van der Waals surface area (Å²) in [6.45, 7) is 0.632. The standard InChI is InChI=1S/C23H18Cl2N4OS/c24-18-12-7-13-19(25)20(18)21(30)27-23-29-28-22(31-23)26-14-17(15-8-3-1-4-9-15)16-10-5-2-6-11-16/h1-13,17H,14H2,(H,26,28)(H,27,29,30). The van der Waals surface area contributed by atoms with Crippen LogP contribution in [0, 0.1) is 0 Å². The normalized spacial score (nSPS) is 10.8. The molecule has 1 heterocycles. The van der Waals surface area contributed by atoms with E-state index in [0.29, 0.717) is 16.8 Å². The third-order valence-corrected chi connectivity index (χ3v) is 6.12. The summed E-state index contributed by atoms with van der Waals surface area (Å²) in [5.41, 5.74) is 2.61. The fourth-order valence-corrected chi connectivity index (χ4v) is 4.42. The molecular formula is C23H18Cl2N4OS. The zero-order valence-corrected chi connectivity index (χ0v) is 18.6. The lowest BCUT2D eigenvalue weighted by molar-refractivity contribution is 0.102. The summed E-state index contributed by atoms with van der Waals surface area (Å²) in [5.74, 6) is -0.281. The van der Waals surface area contributed by atoms with Crippen LogP contribution in [0.1, 0.15) is 27.4 Å². The van der Waals surface area contributed by atoms with Crippen molar-refractivity contribution in [3.05, 3.63) is 106 Å². The van der Waals surface area contributed by atoms with E-state index < -0.39 is 5.91 Å². The third kappa shape index (κ3) is 5.22. The van der Waals surface area contributed by atoms with Crippen molar-refractivity contribution in [3.63, 3.8) is 0 Å². The highest BCUT2D eigenvalue weighted by molar-refractivity contribution is 7.19. The van der Waals surface area contributed by atoms with Crippen molar-refractivity contribution in [2.24, 2.45) is 0 Å². The number of carbonyl (C=O) groups excluding carboxylic acids is 1. The molecule has 3 aromatic carbocycles. The van der Waals surface area contributed by atoms with Crippen molar-refractivity contribution >= 4 is 50.7 Å². The molecule has 0 bridgehead atoms. The molecule has 156 valence electrons. The summed E-state index contributed by atoms with van der Waals surface area (Å²) in [4.78, 5) is 12.5. The Labute approximate surface area is 194 Å². The van der Waals surface area contributed by atoms with Gasteiger partial charge in [0.25, 0.3) is 5.91 Å². The summed E-state index contributed by atoms with van der Waals surface area (Å²) >= 11 is 13.5. The maximum Gasteiger partial charge on any atom is 0.260 e. The van der Waals surface area contributed by atoms with Crippen LogP contribution in [0.5, 0.6) is 0 Å². The molecule has 0 spiro atoms. The Morgan fingerprint density at radius 2 is 1.35 bits per heavy atom. The van der Waals surface area contributed by atoms with Gasteiger partial charge in [0, 0.05) is 12.5 Å². The second-order valence-corrected chi connectivity index (χ2v) is 8.51. The molecule has 0 radical (unpaired) electrons. The van der Waals surface area contributed by atoms with E-state index in [1.54, 1.807) is 18.2 Å². The number of nitrogens with zero attached hydrogens (tertiary/aromatic N) is 2. The summed E-state index contributed by atoms with van der Waals surface area (Å²) in [5, 5.41) is 15.8. The largest absolute Gasteiger partial charge is 0.359 e. The Hall–Kier alpha value is -2.93. The summed E-state index contributed by atoms with van der Waals surface area (Å²) in [6, 6.07) is 25.5. The Kier molecular flexibility index (Phi) is 6.82. The number of aromatic nitrogens is 2. The van der Waals surface area contributed by atoms with Gasteiger partial charge in [-0.15, -0.1) is 10.2 Å². The molecule has 4 aromatic rings. The Balaban J connectivity index is 1.46. The highest BCUT2D eigenvalue weighted by Gasteiger charge is 2.18. The highest BCUT2D eigenvalue weighted by Crippen LogP contribution is 2.29. The second-order valence-electron chi connectivity index (χ2n) is 6.72. The zero-order chi connectivity index (χ0) is 21.6. The Bertz CT molecular complexity index is 1110. The van der Waals surface area contributed by atoms with Gasteiger partial charge < -0.3 is 5.32 Å². The first-order valence-corrected chi connectivity index (χ1v) is 11.1. The molecule has 5 nitrogen and oxygen atoms in total. The number of halogens is 2. The smallest absolute Gasteiger partial charge is 0.260 e. The quantitative estimate of drug-likeness (QED) is 0.331. The van der Waals surface area contributed by atoms with Crippen molar-refractivity contribution < 1.29 is 4.79 Å². The molecule has 1 aromatic heterocycles. The number of rotatable bonds is 7. The number of carbonyl (C=O) groups is 1. The predicted octanol–water partition coefficient (Wildman–Crippen LogP) is 6.34. The summed E-state index contributed by atoms with van der Waals surface area (Å²) in [7, 11) is 0. The van der Waals surface area contributed by atoms with Gasteiger partial charge in [0.2, 0.25) is 10.3 Å². The van der Waals surface area contributed by atoms with Crippen LogP contribution in [0.15, 0.2) is 78.9 Å². The van der Waals surface area contributed by atoms with Crippen molar-refractivity contribution in [3.8, 4) is 0 Å². The average Bonchev–Trinajstić information content (AvgIpc) is 3.22. The van der Waals surface area contributed by atoms with Crippen molar-refractivity contribution in [1.29, 1.82) is 0 Å². The predicted molar refractivity (Wildman–Crippen MR) is 128 cm³/mol. The fourth-order valence-electron chi connectivity index (χ4n) is 3.21. The van der Waals surface area contributed by atoms with Crippen LogP contribution < -0.4 is 10.6 Å². The van der Waals surface area contributed by atoms with Gasteiger partial charge in [-0.25, -0.2) is 0 Å². The topological polar surface area (TPSA) is 66.9 Å². The van der Waals surface area contributed by atoms with E-state index in [4.69, 9.17) is 23.2 Å². The lowest BCUT2D eigenvalue weighted by Gasteiger charge is -2.18. The number of amides is 1. The number of anilines is 2. The molecule has 0 saturated heterocycles. The summed E-state index contributed by atoms with van der Waals surface area (Å²) in [6.07, 6.45) is 0. The molecule has 0 aliphatic heterocycles. The van der Waals surface area contributed by atoms with Crippen LogP contribution in [0.4, 0.5) is 10.3 Å². The fraction of sp³-hybridized carbons (Fsp3) is 0.0870. The van der Waals surface area contributed by atoms with Gasteiger partial charge in [0.1, 0.15) is 0 Å². The molecule has 4 rings (SSSR count). The number of nitrogens with one attached hydrogen (secondary N) is 2. The minimum absolute atomic E-state index is 0.145. The van der Waals surface area contributed by atoms with E-state index in [9.17, 15) is 4.79 Å². The maximum absolute atomic E-state index is 12.5. The van der Waals surface area contributed by atoms with Gasteiger partial charge in [-0.2, -0.15) is 0 Å². The van der Waals surface area contributed by atoms with Crippen molar-refractivity contribution in [2.45, 2.75) is 5.92 Å². The molecule has 0 saturated carbocycles. The molecule has 2 N–H and O–H groups in total. The second kappa shape index (κ2) is 9.92. The van der Waals surface area contributed by atoms with Crippen LogP contribution in [0.2, 0.25) is 10.0 Å². The van der Waals surface area contributed by atoms with Crippen molar-refractivity contribution in [1.82, 2.24) is 10.2 Å². The van der Waals surface area contributed by atoms with Crippen molar-refractivity contribution in [2.75, 3.05) is 17.2 Å². The number of hydrogen-bond acceptors (Lipinski definition) is 5. The van der Waals surface area contributed by atoms with E-state index in [2.05, 4.69) is 45.1 Å². The summed E-state index contributed by atoms with van der Waals surface area (Å²) < 4.78 is 0. The number of benzene rings is 3. The van der Waals surface area contributed by atoms with Crippen LogP contribution >= 0.6 is 34.5 Å². The lowest BCUT2D eigenvalue weighted by Crippen LogP contribution is -2.14. The highest BCUT2D eigenvalue weighted by atomic mass is 35.5. The minimum atomic E-state index is -0.426. The maximum atomic E-state index is 12.5. The molecule has 0 fully saturated rings. The monoisotopic (exact) mass is 468 g/mol. The molecule has 8 heteroatoms. The van der Waals surface area contributed by atoms with Gasteiger partial charge in [0.05, 0.1) is 15.6 Å². The van der Waals surface area contributed by atoms with E-state index in [1.807, 2.05) is 36.4 Å². The van der Waals surface area contributed by atoms with E-state index in [-0.39, 0.29) is 21.5 Å². The lowest BCUT2D eigenvalue weighted by atomic mass is 9.91.